The molecule has 2 aliphatic heterocycles. The van der Waals surface area contributed by atoms with Gasteiger partial charge in [0.2, 0.25) is 5.95 Å². The molecule has 2 fully saturated rings. The van der Waals surface area contributed by atoms with Gasteiger partial charge in [-0.2, -0.15) is 4.98 Å². The van der Waals surface area contributed by atoms with Gasteiger partial charge in [0.05, 0.1) is 12.8 Å². The van der Waals surface area contributed by atoms with E-state index in [1.165, 1.54) is 0 Å². The van der Waals surface area contributed by atoms with Crippen LogP contribution in [0.4, 0.5) is 17.5 Å². The number of rotatable bonds is 4. The van der Waals surface area contributed by atoms with Gasteiger partial charge in [-0.1, -0.05) is 12.1 Å². The zero-order valence-electron chi connectivity index (χ0n) is 16.2. The lowest BCUT2D eigenvalue weighted by Gasteiger charge is -2.37. The number of piperazine rings is 2. The van der Waals surface area contributed by atoms with Crippen molar-refractivity contribution in [2.75, 3.05) is 81.2 Å². The predicted molar refractivity (Wildman–Crippen MR) is 109 cm³/mol. The van der Waals surface area contributed by atoms with Crippen LogP contribution >= 0.6 is 0 Å². The maximum absolute atomic E-state index is 5.51. The van der Waals surface area contributed by atoms with Gasteiger partial charge in [-0.05, 0) is 25.2 Å². The second-order valence-corrected chi connectivity index (χ2v) is 7.15. The summed E-state index contributed by atoms with van der Waals surface area (Å²) >= 11 is 0. The standard InChI is InChI=1S/C20H28N6O/c1-23-9-11-25(12-10-23)19-7-8-21-20(22-19)26-15-13-24(14-16-26)17-5-3-4-6-18(17)27-2/h3-8H,9-16H2,1-2H3. The molecular weight excluding hydrogens is 340 g/mol. The number of anilines is 3. The van der Waals surface area contributed by atoms with Gasteiger partial charge in [-0.3, -0.25) is 0 Å². The molecule has 3 heterocycles. The summed E-state index contributed by atoms with van der Waals surface area (Å²) in [7, 11) is 3.90. The molecule has 0 radical (unpaired) electrons. The first-order valence-electron chi connectivity index (χ1n) is 9.64. The molecule has 4 rings (SSSR count). The van der Waals surface area contributed by atoms with Gasteiger partial charge in [-0.25, -0.2) is 4.98 Å². The second-order valence-electron chi connectivity index (χ2n) is 7.15. The highest BCUT2D eigenvalue weighted by Crippen LogP contribution is 2.29. The largest absolute Gasteiger partial charge is 0.495 e. The van der Waals surface area contributed by atoms with Gasteiger partial charge in [0.25, 0.3) is 0 Å². The van der Waals surface area contributed by atoms with E-state index < -0.39 is 0 Å². The molecule has 1 aromatic carbocycles. The van der Waals surface area contributed by atoms with Crippen LogP contribution in [0.5, 0.6) is 5.75 Å². The maximum Gasteiger partial charge on any atom is 0.227 e. The van der Waals surface area contributed by atoms with Crippen LogP contribution in [0.1, 0.15) is 0 Å². The van der Waals surface area contributed by atoms with E-state index in [0.717, 1.165) is 75.6 Å². The lowest BCUT2D eigenvalue weighted by molar-refractivity contribution is 0.312. The van der Waals surface area contributed by atoms with Crippen LogP contribution in [0, 0.1) is 0 Å². The predicted octanol–water partition coefficient (Wildman–Crippen LogP) is 1.56. The molecule has 0 amide bonds. The lowest BCUT2D eigenvalue weighted by atomic mass is 10.2. The van der Waals surface area contributed by atoms with Crippen molar-refractivity contribution in [3.05, 3.63) is 36.5 Å². The quantitative estimate of drug-likeness (QED) is 0.812. The number of benzene rings is 1. The van der Waals surface area contributed by atoms with Crippen molar-refractivity contribution in [2.24, 2.45) is 0 Å². The Hall–Kier alpha value is -2.54. The summed E-state index contributed by atoms with van der Waals surface area (Å²) in [6.07, 6.45) is 1.89. The van der Waals surface area contributed by atoms with Crippen molar-refractivity contribution in [3.8, 4) is 5.75 Å². The number of hydrogen-bond acceptors (Lipinski definition) is 7. The average Bonchev–Trinajstić information content (AvgIpc) is 2.74. The third-order valence-electron chi connectivity index (χ3n) is 5.44. The summed E-state index contributed by atoms with van der Waals surface area (Å²) in [5, 5.41) is 0. The van der Waals surface area contributed by atoms with E-state index in [9.17, 15) is 0 Å². The highest BCUT2D eigenvalue weighted by Gasteiger charge is 2.22. The van der Waals surface area contributed by atoms with Gasteiger partial charge >= 0.3 is 0 Å². The molecule has 0 spiro atoms. The molecule has 144 valence electrons. The smallest absolute Gasteiger partial charge is 0.227 e. The van der Waals surface area contributed by atoms with E-state index in [2.05, 4.69) is 43.8 Å². The van der Waals surface area contributed by atoms with Crippen molar-refractivity contribution in [1.82, 2.24) is 14.9 Å². The third kappa shape index (κ3) is 3.93. The summed E-state index contributed by atoms with van der Waals surface area (Å²) in [5.74, 6) is 2.81. The molecule has 0 saturated carbocycles. The molecule has 2 aliphatic rings. The van der Waals surface area contributed by atoms with Crippen molar-refractivity contribution in [3.63, 3.8) is 0 Å². The normalized spacial score (nSPS) is 18.7. The van der Waals surface area contributed by atoms with Crippen LogP contribution in [0.2, 0.25) is 0 Å². The number of methoxy groups -OCH3 is 1. The number of nitrogens with zero attached hydrogens (tertiary/aromatic N) is 6. The van der Waals surface area contributed by atoms with Crippen molar-refractivity contribution >= 4 is 17.5 Å². The van der Waals surface area contributed by atoms with Crippen LogP contribution in [-0.4, -0.2) is 81.4 Å². The van der Waals surface area contributed by atoms with E-state index in [1.54, 1.807) is 7.11 Å². The highest BCUT2D eigenvalue weighted by atomic mass is 16.5. The van der Waals surface area contributed by atoms with E-state index in [4.69, 9.17) is 9.72 Å². The number of ether oxygens (including phenoxy) is 1. The summed E-state index contributed by atoms with van der Waals surface area (Å²) < 4.78 is 5.51. The Morgan fingerprint density at radius 3 is 2.22 bits per heavy atom. The summed E-state index contributed by atoms with van der Waals surface area (Å²) in [4.78, 5) is 18.8. The maximum atomic E-state index is 5.51. The molecular formula is C20H28N6O. The summed E-state index contributed by atoms with van der Waals surface area (Å²) in [6, 6.07) is 10.2. The number of para-hydroxylation sites is 2. The molecule has 0 unspecified atom stereocenters. The Morgan fingerprint density at radius 1 is 0.815 bits per heavy atom. The van der Waals surface area contributed by atoms with E-state index in [0.29, 0.717) is 0 Å². The van der Waals surface area contributed by atoms with E-state index in [-0.39, 0.29) is 0 Å². The zero-order valence-corrected chi connectivity index (χ0v) is 16.2. The Bertz CT molecular complexity index is 754. The first kappa shape index (κ1) is 17.9. The second kappa shape index (κ2) is 8.00. The molecule has 7 nitrogen and oxygen atoms in total. The molecule has 1 aromatic heterocycles. The van der Waals surface area contributed by atoms with E-state index >= 15 is 0 Å². The molecule has 0 aliphatic carbocycles. The molecule has 7 heteroatoms. The fourth-order valence-electron chi connectivity index (χ4n) is 3.74. The molecule has 27 heavy (non-hydrogen) atoms. The van der Waals surface area contributed by atoms with Gasteiger partial charge in [-0.15, -0.1) is 0 Å². The van der Waals surface area contributed by atoms with Gasteiger partial charge in [0, 0.05) is 58.6 Å². The monoisotopic (exact) mass is 368 g/mol. The number of hydrogen-bond donors (Lipinski definition) is 0. The Kier molecular flexibility index (Phi) is 5.29. The fourth-order valence-corrected chi connectivity index (χ4v) is 3.74. The first-order chi connectivity index (χ1) is 13.2. The number of likely N-dealkylation sites (N-methyl/N-ethyl adjacent to an activating group) is 1. The molecule has 0 atom stereocenters. The molecule has 0 bridgehead atoms. The third-order valence-corrected chi connectivity index (χ3v) is 5.44. The van der Waals surface area contributed by atoms with Crippen LogP contribution in [0.15, 0.2) is 36.5 Å². The highest BCUT2D eigenvalue weighted by molar-refractivity contribution is 5.59. The van der Waals surface area contributed by atoms with Crippen molar-refractivity contribution in [1.29, 1.82) is 0 Å². The lowest BCUT2D eigenvalue weighted by Crippen LogP contribution is -2.47. The minimum atomic E-state index is 0.839. The fraction of sp³-hybridized carbons (Fsp3) is 0.500. The Labute approximate surface area is 161 Å². The van der Waals surface area contributed by atoms with Crippen molar-refractivity contribution in [2.45, 2.75) is 0 Å². The summed E-state index contributed by atoms with van der Waals surface area (Å²) in [6.45, 7) is 7.89. The van der Waals surface area contributed by atoms with Crippen LogP contribution in [0.3, 0.4) is 0 Å². The zero-order chi connectivity index (χ0) is 18.6. The Morgan fingerprint density at radius 2 is 1.48 bits per heavy atom. The van der Waals surface area contributed by atoms with Crippen LogP contribution < -0.4 is 19.4 Å². The number of aromatic nitrogens is 2. The van der Waals surface area contributed by atoms with Gasteiger partial charge in [0.1, 0.15) is 11.6 Å². The average molecular weight is 368 g/mol. The molecule has 2 saturated heterocycles. The summed E-state index contributed by atoms with van der Waals surface area (Å²) in [5.41, 5.74) is 1.16. The first-order valence-corrected chi connectivity index (χ1v) is 9.64. The minimum Gasteiger partial charge on any atom is -0.495 e. The van der Waals surface area contributed by atoms with E-state index in [1.807, 2.05) is 24.4 Å². The van der Waals surface area contributed by atoms with Crippen LogP contribution in [-0.2, 0) is 0 Å². The van der Waals surface area contributed by atoms with Gasteiger partial charge < -0.3 is 24.3 Å². The Balaban J connectivity index is 1.42. The van der Waals surface area contributed by atoms with Crippen molar-refractivity contribution < 1.29 is 4.74 Å². The molecule has 2 aromatic rings. The van der Waals surface area contributed by atoms with Gasteiger partial charge in [0.15, 0.2) is 0 Å². The van der Waals surface area contributed by atoms with Crippen LogP contribution in [0.25, 0.3) is 0 Å². The topological polar surface area (TPSA) is 48.0 Å². The minimum absolute atomic E-state index is 0.839. The SMILES string of the molecule is COc1ccccc1N1CCN(c2nccc(N3CCN(C)CC3)n2)CC1. The molecule has 0 N–H and O–H groups in total.